The van der Waals surface area contributed by atoms with Gasteiger partial charge < -0.3 is 31.1 Å². The Bertz CT molecular complexity index is 1630. The van der Waals surface area contributed by atoms with E-state index in [1.807, 2.05) is 37.2 Å². The summed E-state index contributed by atoms with van der Waals surface area (Å²) in [6.07, 6.45) is 0.290. The number of Topliss-reactive ketones (excluding diaryl/α,β-unsaturated/α-hetero) is 2. The molecule has 1 heterocycles. The van der Waals surface area contributed by atoms with E-state index in [9.17, 15) is 34.8 Å². The number of nitrogens with two attached hydrogens (primary N) is 1. The molecular formula is C32H36N4O7. The third kappa shape index (κ3) is 4.10. The van der Waals surface area contributed by atoms with Crippen LogP contribution in [-0.4, -0.2) is 87.5 Å². The van der Waals surface area contributed by atoms with Crippen LogP contribution in [0.15, 0.2) is 53.0 Å². The molecule has 2 aromatic carbocycles. The van der Waals surface area contributed by atoms with Crippen molar-refractivity contribution in [3.8, 4) is 5.75 Å². The van der Waals surface area contributed by atoms with Gasteiger partial charge >= 0.3 is 0 Å². The Morgan fingerprint density at radius 2 is 1.70 bits per heavy atom. The number of nitrogens with zero attached hydrogens (tertiary/aromatic N) is 3. The summed E-state index contributed by atoms with van der Waals surface area (Å²) in [5.74, 6) is -6.52. The fourth-order valence-corrected chi connectivity index (χ4v) is 7.63. The molecule has 226 valence electrons. The number of ketones is 2. The van der Waals surface area contributed by atoms with Gasteiger partial charge in [-0.3, -0.25) is 24.2 Å². The number of hydrogen-bond donors (Lipinski definition) is 5. The van der Waals surface area contributed by atoms with Crippen LogP contribution in [0.2, 0.25) is 0 Å². The minimum absolute atomic E-state index is 0.0266. The van der Waals surface area contributed by atoms with E-state index in [1.165, 1.54) is 16.0 Å². The van der Waals surface area contributed by atoms with Crippen molar-refractivity contribution in [3.05, 3.63) is 80.8 Å². The third-order valence-corrected chi connectivity index (χ3v) is 9.56. The fraction of sp³-hybridized carbons (Fsp3) is 0.406. The maximum Gasteiger partial charge on any atom is 0.255 e. The monoisotopic (exact) mass is 588 g/mol. The molecule has 0 bridgehead atoms. The number of phenols is 1. The Morgan fingerprint density at radius 1 is 1.07 bits per heavy atom. The molecule has 2 aromatic rings. The summed E-state index contributed by atoms with van der Waals surface area (Å²) >= 11 is 0. The van der Waals surface area contributed by atoms with Gasteiger partial charge in [0.1, 0.15) is 22.8 Å². The summed E-state index contributed by atoms with van der Waals surface area (Å²) in [5.41, 5.74) is 6.11. The molecular weight excluding hydrogens is 552 g/mol. The number of primary amides is 1. The molecule has 0 radical (unpaired) electrons. The smallest absolute Gasteiger partial charge is 0.255 e. The van der Waals surface area contributed by atoms with Crippen molar-refractivity contribution in [1.29, 1.82) is 0 Å². The summed E-state index contributed by atoms with van der Waals surface area (Å²) in [6, 6.07) is 8.97. The number of hydrogen-bond acceptors (Lipinski definition) is 10. The molecule has 0 spiro atoms. The second-order valence-electron chi connectivity index (χ2n) is 12.5. The van der Waals surface area contributed by atoms with Gasteiger partial charge in [0.2, 0.25) is 5.78 Å². The molecule has 4 aliphatic rings. The number of aliphatic hydroxyl groups is 3. The molecule has 3 aliphatic carbocycles. The van der Waals surface area contributed by atoms with Gasteiger partial charge in [0.05, 0.1) is 11.6 Å². The highest BCUT2D eigenvalue weighted by Crippen LogP contribution is 2.53. The first-order valence-electron chi connectivity index (χ1n) is 14.3. The molecule has 1 aliphatic heterocycles. The van der Waals surface area contributed by atoms with Crippen molar-refractivity contribution >= 4 is 23.2 Å². The van der Waals surface area contributed by atoms with Gasteiger partial charge in [-0.2, -0.15) is 0 Å². The molecule has 6 N–H and O–H groups in total. The summed E-state index contributed by atoms with van der Waals surface area (Å²) in [5, 5.41) is 46.0. The zero-order chi connectivity index (χ0) is 31.1. The van der Waals surface area contributed by atoms with Crippen LogP contribution in [0, 0.1) is 11.8 Å². The lowest BCUT2D eigenvalue weighted by atomic mass is 9.58. The van der Waals surface area contributed by atoms with Gasteiger partial charge in [0.15, 0.2) is 11.4 Å². The highest BCUT2D eigenvalue weighted by molar-refractivity contribution is 6.25. The normalized spacial score (nSPS) is 26.8. The largest absolute Gasteiger partial charge is 0.510 e. The van der Waals surface area contributed by atoms with E-state index in [0.29, 0.717) is 30.8 Å². The molecule has 11 nitrogen and oxygen atoms in total. The van der Waals surface area contributed by atoms with Gasteiger partial charge in [-0.1, -0.05) is 24.3 Å². The van der Waals surface area contributed by atoms with Crippen molar-refractivity contribution < 1.29 is 34.8 Å². The molecule has 0 aromatic heterocycles. The molecule has 1 amide bonds. The van der Waals surface area contributed by atoms with Crippen molar-refractivity contribution in [2.24, 2.45) is 17.6 Å². The first-order chi connectivity index (χ1) is 20.3. The van der Waals surface area contributed by atoms with Crippen LogP contribution >= 0.6 is 0 Å². The second-order valence-corrected chi connectivity index (χ2v) is 12.5. The van der Waals surface area contributed by atoms with Crippen LogP contribution in [0.25, 0.3) is 0 Å². The predicted octanol–water partition coefficient (Wildman–Crippen LogP) is 1.70. The Labute approximate surface area is 249 Å². The highest BCUT2D eigenvalue weighted by atomic mass is 16.3. The zero-order valence-corrected chi connectivity index (χ0v) is 24.6. The SMILES string of the molecule is CN(C)c1cc(CN2Cc3ccccc3C2)c(O)c2c1C[C@@H]1C[C@H]3[C@H](N(C)C)C(O)=C(C(N)=O)C(=O)[C@@]3(O)C(O)=C1C2=O. The Balaban J connectivity index is 1.47. The quantitative estimate of drug-likeness (QED) is 0.324. The lowest BCUT2D eigenvalue weighted by Gasteiger charge is -2.50. The number of rotatable bonds is 5. The molecule has 0 fully saturated rings. The number of fused-ring (bicyclic) bond motifs is 4. The van der Waals surface area contributed by atoms with Crippen LogP contribution < -0.4 is 10.6 Å². The molecule has 4 atom stereocenters. The average molecular weight is 589 g/mol. The number of carbonyl (C=O) groups is 3. The number of carbonyl (C=O) groups excluding carboxylic acids is 3. The third-order valence-electron chi connectivity index (χ3n) is 9.56. The van der Waals surface area contributed by atoms with E-state index in [4.69, 9.17) is 5.73 Å². The first-order valence-corrected chi connectivity index (χ1v) is 14.3. The van der Waals surface area contributed by atoms with Gasteiger partial charge in [0.25, 0.3) is 5.91 Å². The van der Waals surface area contributed by atoms with Crippen molar-refractivity contribution in [3.63, 3.8) is 0 Å². The number of aliphatic hydroxyl groups excluding tert-OH is 2. The fourth-order valence-electron chi connectivity index (χ4n) is 7.63. The number of aromatic hydroxyl groups is 1. The number of allylic oxidation sites excluding steroid dienone is 1. The van der Waals surface area contributed by atoms with Crippen LogP contribution in [0.4, 0.5) is 5.69 Å². The number of phenolic OH excluding ortho intramolecular Hbond substituents is 1. The lowest BCUT2D eigenvalue weighted by Crippen LogP contribution is -2.63. The average Bonchev–Trinajstić information content (AvgIpc) is 3.34. The molecule has 0 unspecified atom stereocenters. The molecule has 0 saturated carbocycles. The minimum Gasteiger partial charge on any atom is -0.510 e. The first kappa shape index (κ1) is 28.9. The van der Waals surface area contributed by atoms with E-state index in [1.54, 1.807) is 14.1 Å². The number of likely N-dealkylation sites (N-methyl/N-ethyl adjacent to an activating group) is 1. The zero-order valence-electron chi connectivity index (χ0n) is 24.6. The van der Waals surface area contributed by atoms with Crippen molar-refractivity contribution in [1.82, 2.24) is 9.80 Å². The number of benzene rings is 2. The Kier molecular flexibility index (Phi) is 6.68. The summed E-state index contributed by atoms with van der Waals surface area (Å²) in [6.45, 7) is 1.76. The lowest BCUT2D eigenvalue weighted by molar-refractivity contribution is -0.148. The number of anilines is 1. The molecule has 43 heavy (non-hydrogen) atoms. The number of amides is 1. The molecule has 0 saturated heterocycles. The minimum atomic E-state index is -2.66. The molecule has 6 rings (SSSR count). The van der Waals surface area contributed by atoms with Crippen LogP contribution in [0.1, 0.15) is 39.0 Å². The van der Waals surface area contributed by atoms with E-state index < -0.39 is 58.0 Å². The second kappa shape index (κ2) is 9.94. The van der Waals surface area contributed by atoms with Crippen molar-refractivity contribution in [2.45, 2.75) is 44.1 Å². The van der Waals surface area contributed by atoms with Gasteiger partial charge in [-0.15, -0.1) is 0 Å². The van der Waals surface area contributed by atoms with Crippen molar-refractivity contribution in [2.75, 3.05) is 33.1 Å². The van der Waals surface area contributed by atoms with E-state index in [-0.39, 0.29) is 29.7 Å². The van der Waals surface area contributed by atoms with Crippen LogP contribution in [0.3, 0.4) is 0 Å². The van der Waals surface area contributed by atoms with Crippen LogP contribution in [0.5, 0.6) is 5.75 Å². The van der Waals surface area contributed by atoms with Gasteiger partial charge in [-0.25, -0.2) is 0 Å². The summed E-state index contributed by atoms with van der Waals surface area (Å²) in [4.78, 5) is 45.6. The summed E-state index contributed by atoms with van der Waals surface area (Å²) in [7, 11) is 6.92. The predicted molar refractivity (Wildman–Crippen MR) is 157 cm³/mol. The standard InChI is InChI=1S/C32H36N4O7/c1-34(2)21-11-18(14-36-12-15-7-5-6-8-16(15)13-36)26(37)23-19(21)9-17-10-20-25(35(3)4)28(39)24(31(33)42)30(41)32(20,43)29(40)22(17)27(23)38/h5-8,11,17,20,25,37,39-40,43H,9-10,12-14H2,1-4H3,(H2,33,42)/t17-,20+,25+,32+/m1/s1. The van der Waals surface area contributed by atoms with E-state index in [0.717, 1.165) is 5.69 Å². The Hall–Kier alpha value is -4.19. The van der Waals surface area contributed by atoms with E-state index in [2.05, 4.69) is 17.0 Å². The topological polar surface area (TPSA) is 168 Å². The van der Waals surface area contributed by atoms with Crippen LogP contribution in [-0.2, 0) is 35.6 Å². The van der Waals surface area contributed by atoms with Gasteiger partial charge in [-0.05, 0) is 55.6 Å². The molecule has 11 heteroatoms. The van der Waals surface area contributed by atoms with E-state index >= 15 is 0 Å². The maximum absolute atomic E-state index is 14.2. The summed E-state index contributed by atoms with van der Waals surface area (Å²) < 4.78 is 0. The maximum atomic E-state index is 14.2. The Morgan fingerprint density at radius 3 is 2.26 bits per heavy atom. The highest BCUT2D eigenvalue weighted by Gasteiger charge is 2.63. The van der Waals surface area contributed by atoms with Gasteiger partial charge in [0, 0.05) is 56.5 Å².